The number of hydrogen-bond acceptors (Lipinski definition) is 4. The number of rotatable bonds is 8. The summed E-state index contributed by atoms with van der Waals surface area (Å²) in [5.74, 6) is -0.374. The molecular weight excluding hydrogens is 302 g/mol. The van der Waals surface area contributed by atoms with Crippen molar-refractivity contribution in [3.8, 4) is 0 Å². The molecule has 2 aromatic rings. The third-order valence-electron chi connectivity index (χ3n) is 3.66. The second-order valence-electron chi connectivity index (χ2n) is 5.44. The Labute approximate surface area is 142 Å². The summed E-state index contributed by atoms with van der Waals surface area (Å²) in [7, 11) is 1.36. The van der Waals surface area contributed by atoms with Crippen molar-refractivity contribution in [2.75, 3.05) is 19.0 Å². The van der Waals surface area contributed by atoms with Crippen LogP contribution in [0.25, 0.3) is 6.08 Å². The summed E-state index contributed by atoms with van der Waals surface area (Å²) in [6.45, 7) is 0.901. The van der Waals surface area contributed by atoms with E-state index in [1.165, 1.54) is 24.3 Å². The van der Waals surface area contributed by atoms with E-state index in [4.69, 9.17) is 5.11 Å². The molecule has 0 fully saturated rings. The molecule has 0 aliphatic carbocycles. The molecule has 4 heteroatoms. The minimum Gasteiger partial charge on any atom is -0.466 e. The van der Waals surface area contributed by atoms with E-state index in [2.05, 4.69) is 28.3 Å². The highest BCUT2D eigenvalue weighted by Gasteiger charge is 2.01. The van der Waals surface area contributed by atoms with E-state index in [1.54, 1.807) is 6.08 Å². The van der Waals surface area contributed by atoms with Gasteiger partial charge in [0.25, 0.3) is 0 Å². The van der Waals surface area contributed by atoms with Crippen LogP contribution in [0.4, 0.5) is 5.69 Å². The third-order valence-corrected chi connectivity index (χ3v) is 3.66. The standard InChI is InChI=1S/C20H23NO3/c1-24-20(23)12-11-18-9-2-3-10-19(18)21-15-17-7-4-6-16(14-17)8-5-13-22/h2-4,6-7,9-12,14,21-22H,5,8,13,15H2,1H3. The molecule has 0 saturated heterocycles. The summed E-state index contributed by atoms with van der Waals surface area (Å²) >= 11 is 0. The van der Waals surface area contributed by atoms with E-state index in [-0.39, 0.29) is 12.6 Å². The maximum atomic E-state index is 11.3. The van der Waals surface area contributed by atoms with Gasteiger partial charge >= 0.3 is 5.97 Å². The van der Waals surface area contributed by atoms with E-state index in [0.717, 1.165) is 24.1 Å². The van der Waals surface area contributed by atoms with Gasteiger partial charge in [0.2, 0.25) is 0 Å². The van der Waals surface area contributed by atoms with Crippen molar-refractivity contribution in [2.45, 2.75) is 19.4 Å². The molecule has 24 heavy (non-hydrogen) atoms. The minimum atomic E-state index is -0.374. The molecule has 0 atom stereocenters. The Kier molecular flexibility index (Phi) is 7.05. The molecule has 4 nitrogen and oxygen atoms in total. The number of anilines is 1. The Bertz CT molecular complexity index is 695. The zero-order valence-corrected chi connectivity index (χ0v) is 13.9. The van der Waals surface area contributed by atoms with Crippen LogP contribution in [0.15, 0.2) is 54.6 Å². The second-order valence-corrected chi connectivity index (χ2v) is 5.44. The predicted molar refractivity (Wildman–Crippen MR) is 96.7 cm³/mol. The molecule has 0 aliphatic rings. The number of nitrogens with one attached hydrogen (secondary N) is 1. The summed E-state index contributed by atoms with van der Waals surface area (Å²) in [5.41, 5.74) is 4.29. The number of para-hydroxylation sites is 1. The van der Waals surface area contributed by atoms with Gasteiger partial charge in [0.05, 0.1) is 7.11 Å². The lowest BCUT2D eigenvalue weighted by Crippen LogP contribution is -2.02. The fourth-order valence-electron chi connectivity index (χ4n) is 2.40. The molecule has 2 rings (SSSR count). The van der Waals surface area contributed by atoms with Gasteiger partial charge in [-0.3, -0.25) is 0 Å². The number of carbonyl (C=O) groups is 1. The number of aliphatic hydroxyl groups is 1. The monoisotopic (exact) mass is 325 g/mol. The highest BCUT2D eigenvalue weighted by molar-refractivity contribution is 5.88. The molecule has 0 aromatic heterocycles. The molecule has 0 unspecified atom stereocenters. The van der Waals surface area contributed by atoms with Crippen LogP contribution in [0.5, 0.6) is 0 Å². The van der Waals surface area contributed by atoms with Crippen LogP contribution in [0.2, 0.25) is 0 Å². The summed E-state index contributed by atoms with van der Waals surface area (Å²) in [6.07, 6.45) is 4.81. The number of benzene rings is 2. The van der Waals surface area contributed by atoms with Crippen molar-refractivity contribution in [1.29, 1.82) is 0 Å². The number of methoxy groups -OCH3 is 1. The summed E-state index contributed by atoms with van der Waals surface area (Å²) < 4.78 is 4.62. The molecule has 0 spiro atoms. The van der Waals surface area contributed by atoms with Crippen LogP contribution in [0, 0.1) is 0 Å². The predicted octanol–water partition coefficient (Wildman–Crippen LogP) is 3.41. The quantitative estimate of drug-likeness (QED) is 0.577. The number of aliphatic hydroxyl groups excluding tert-OH is 1. The van der Waals surface area contributed by atoms with Crippen LogP contribution in [0.3, 0.4) is 0 Å². The van der Waals surface area contributed by atoms with Gasteiger partial charge in [-0.05, 0) is 41.7 Å². The lowest BCUT2D eigenvalue weighted by atomic mass is 10.1. The van der Waals surface area contributed by atoms with Gasteiger partial charge in [-0.1, -0.05) is 42.5 Å². The summed E-state index contributed by atoms with van der Waals surface area (Å²) in [4.78, 5) is 11.3. The van der Waals surface area contributed by atoms with Crippen molar-refractivity contribution < 1.29 is 14.6 Å². The highest BCUT2D eigenvalue weighted by atomic mass is 16.5. The normalized spacial score (nSPS) is 10.8. The zero-order chi connectivity index (χ0) is 17.2. The smallest absolute Gasteiger partial charge is 0.330 e. The molecule has 0 bridgehead atoms. The lowest BCUT2D eigenvalue weighted by Gasteiger charge is -2.11. The van der Waals surface area contributed by atoms with Crippen LogP contribution < -0.4 is 5.32 Å². The van der Waals surface area contributed by atoms with Gasteiger partial charge in [0.15, 0.2) is 0 Å². The van der Waals surface area contributed by atoms with E-state index >= 15 is 0 Å². The molecule has 0 radical (unpaired) electrons. The molecule has 0 amide bonds. The van der Waals surface area contributed by atoms with Gasteiger partial charge < -0.3 is 15.2 Å². The first kappa shape index (κ1) is 17.8. The van der Waals surface area contributed by atoms with Gasteiger partial charge in [-0.15, -0.1) is 0 Å². The lowest BCUT2D eigenvalue weighted by molar-refractivity contribution is -0.134. The van der Waals surface area contributed by atoms with Gasteiger partial charge in [0, 0.05) is 24.9 Å². The summed E-state index contributed by atoms with van der Waals surface area (Å²) in [5, 5.41) is 12.3. The van der Waals surface area contributed by atoms with E-state index in [0.29, 0.717) is 6.54 Å². The Morgan fingerprint density at radius 3 is 2.75 bits per heavy atom. The minimum absolute atomic E-state index is 0.211. The van der Waals surface area contributed by atoms with Crippen molar-refractivity contribution in [3.63, 3.8) is 0 Å². The second kappa shape index (κ2) is 9.53. The fraction of sp³-hybridized carbons (Fsp3) is 0.250. The maximum absolute atomic E-state index is 11.3. The molecule has 2 N–H and O–H groups in total. The zero-order valence-electron chi connectivity index (χ0n) is 13.9. The SMILES string of the molecule is COC(=O)C=Cc1ccccc1NCc1cccc(CCCO)c1. The first-order valence-corrected chi connectivity index (χ1v) is 8.00. The van der Waals surface area contributed by atoms with E-state index < -0.39 is 0 Å². The van der Waals surface area contributed by atoms with Crippen molar-refractivity contribution in [1.82, 2.24) is 0 Å². The Hall–Kier alpha value is -2.59. The van der Waals surface area contributed by atoms with Crippen molar-refractivity contribution in [2.24, 2.45) is 0 Å². The first-order valence-electron chi connectivity index (χ1n) is 8.00. The maximum Gasteiger partial charge on any atom is 0.330 e. The van der Waals surface area contributed by atoms with Gasteiger partial charge in [-0.2, -0.15) is 0 Å². The van der Waals surface area contributed by atoms with Crippen LogP contribution in [0.1, 0.15) is 23.1 Å². The van der Waals surface area contributed by atoms with Crippen LogP contribution in [-0.4, -0.2) is 24.8 Å². The highest BCUT2D eigenvalue weighted by Crippen LogP contribution is 2.18. The largest absolute Gasteiger partial charge is 0.466 e. The van der Waals surface area contributed by atoms with Gasteiger partial charge in [-0.25, -0.2) is 4.79 Å². The molecular formula is C20H23NO3. The Morgan fingerprint density at radius 1 is 1.17 bits per heavy atom. The molecule has 0 aliphatic heterocycles. The average molecular weight is 325 g/mol. The summed E-state index contributed by atoms with van der Waals surface area (Å²) in [6, 6.07) is 16.1. The number of carbonyl (C=O) groups excluding carboxylic acids is 1. The van der Waals surface area contributed by atoms with Gasteiger partial charge in [0.1, 0.15) is 0 Å². The molecule has 0 saturated carbocycles. The fourth-order valence-corrected chi connectivity index (χ4v) is 2.40. The van der Waals surface area contributed by atoms with E-state index in [1.807, 2.05) is 30.3 Å². The third kappa shape index (κ3) is 5.56. The van der Waals surface area contributed by atoms with Crippen molar-refractivity contribution in [3.05, 3.63) is 71.3 Å². The number of aryl methyl sites for hydroxylation is 1. The Balaban J connectivity index is 2.04. The van der Waals surface area contributed by atoms with Crippen LogP contribution in [-0.2, 0) is 22.5 Å². The first-order chi connectivity index (χ1) is 11.7. The van der Waals surface area contributed by atoms with E-state index in [9.17, 15) is 4.79 Å². The van der Waals surface area contributed by atoms with Crippen molar-refractivity contribution >= 4 is 17.7 Å². The van der Waals surface area contributed by atoms with Crippen LogP contribution >= 0.6 is 0 Å². The number of ether oxygens (including phenoxy) is 1. The molecule has 0 heterocycles. The Morgan fingerprint density at radius 2 is 1.96 bits per heavy atom. The number of hydrogen-bond donors (Lipinski definition) is 2. The number of esters is 1. The topological polar surface area (TPSA) is 58.6 Å². The average Bonchev–Trinajstić information content (AvgIpc) is 2.63. The molecule has 2 aromatic carbocycles. The molecule has 126 valence electrons.